The summed E-state index contributed by atoms with van der Waals surface area (Å²) in [5.41, 5.74) is -1.42. The van der Waals surface area contributed by atoms with Crippen LogP contribution < -0.4 is 0 Å². The van der Waals surface area contributed by atoms with E-state index in [1.807, 2.05) is 55.2 Å². The zero-order chi connectivity index (χ0) is 30.8. The summed E-state index contributed by atoms with van der Waals surface area (Å²) >= 11 is 0. The van der Waals surface area contributed by atoms with E-state index in [1.165, 1.54) is 0 Å². The lowest BCUT2D eigenvalue weighted by molar-refractivity contribution is -0.164. The lowest BCUT2D eigenvalue weighted by Crippen LogP contribution is -2.59. The first-order valence-electron chi connectivity index (χ1n) is 16.1. The van der Waals surface area contributed by atoms with Gasteiger partial charge in [0.2, 0.25) is 11.8 Å². The van der Waals surface area contributed by atoms with Crippen molar-refractivity contribution in [1.29, 1.82) is 0 Å². The lowest BCUT2D eigenvalue weighted by Gasteiger charge is -2.42. The van der Waals surface area contributed by atoms with Crippen molar-refractivity contribution in [2.24, 2.45) is 17.8 Å². The van der Waals surface area contributed by atoms with Gasteiger partial charge in [0, 0.05) is 12.6 Å². The SMILES string of the molecule is C=CCCCCOC(=O)[C@H]1[C@H]2C(=O)N([C@H](CO)c3ccccc3)C(C(=O)N(CC=C)C3CCCCC3)C23CC(C)[C@]1(C)O3. The zero-order valence-corrected chi connectivity index (χ0v) is 25.8. The molecule has 4 aliphatic rings. The van der Waals surface area contributed by atoms with Crippen molar-refractivity contribution in [1.82, 2.24) is 9.80 Å². The summed E-state index contributed by atoms with van der Waals surface area (Å²) in [7, 11) is 0. The van der Waals surface area contributed by atoms with E-state index in [1.54, 1.807) is 11.0 Å². The third kappa shape index (κ3) is 5.35. The highest BCUT2D eigenvalue weighted by atomic mass is 16.6. The number of hydrogen-bond acceptors (Lipinski definition) is 6. The van der Waals surface area contributed by atoms with E-state index in [-0.39, 0.29) is 37.0 Å². The van der Waals surface area contributed by atoms with Gasteiger partial charge >= 0.3 is 5.97 Å². The molecule has 8 nitrogen and oxygen atoms in total. The molecule has 3 heterocycles. The van der Waals surface area contributed by atoms with Crippen LogP contribution in [0.4, 0.5) is 0 Å². The van der Waals surface area contributed by atoms with E-state index in [0.29, 0.717) is 19.4 Å². The number of likely N-dealkylation sites (tertiary alicyclic amines) is 1. The van der Waals surface area contributed by atoms with E-state index < -0.39 is 41.1 Å². The van der Waals surface area contributed by atoms with Crippen LogP contribution in [0.25, 0.3) is 0 Å². The Morgan fingerprint density at radius 2 is 1.88 bits per heavy atom. The number of fused-ring (bicyclic) bond motifs is 1. The maximum absolute atomic E-state index is 14.9. The standard InChI is InChI=1S/C35H48N2O6/c1-5-7-8-15-21-42-33(41)29-28-31(39)37(27(23-38)25-16-11-9-12-17-25)30(35(28)22-24(3)34(29,4)43-35)32(40)36(20-6-2)26-18-13-10-14-19-26/h5-6,9,11-12,16-17,24,26-30,38H,1-2,7-8,10,13-15,18-23H2,3-4H3/t24?,27-,28+,29-,30?,34+,35?/m1/s1. The fraction of sp³-hybridized carbons (Fsp3) is 0.629. The molecule has 7 atom stereocenters. The number of rotatable bonds is 13. The molecular formula is C35H48N2O6. The second-order valence-corrected chi connectivity index (χ2v) is 13.1. The van der Waals surface area contributed by atoms with Gasteiger partial charge in [0.05, 0.1) is 30.8 Å². The van der Waals surface area contributed by atoms with E-state index in [4.69, 9.17) is 9.47 Å². The number of hydrogen-bond donors (Lipinski definition) is 1. The fourth-order valence-electron chi connectivity index (χ4n) is 8.44. The first kappa shape index (κ1) is 31.5. The van der Waals surface area contributed by atoms with Gasteiger partial charge in [-0.15, -0.1) is 13.2 Å². The molecule has 1 aromatic rings. The minimum Gasteiger partial charge on any atom is -0.465 e. The minimum atomic E-state index is -1.20. The van der Waals surface area contributed by atoms with Crippen LogP contribution in [-0.2, 0) is 23.9 Å². The molecule has 1 spiro atoms. The van der Waals surface area contributed by atoms with Crippen molar-refractivity contribution in [2.75, 3.05) is 19.8 Å². The first-order chi connectivity index (χ1) is 20.7. The average molecular weight is 593 g/mol. The third-order valence-electron chi connectivity index (χ3n) is 10.6. The number of unbranched alkanes of at least 4 members (excludes halogenated alkanes) is 2. The van der Waals surface area contributed by atoms with Crippen molar-refractivity contribution in [3.63, 3.8) is 0 Å². The molecule has 1 aromatic carbocycles. The fourth-order valence-corrected chi connectivity index (χ4v) is 8.44. The third-order valence-corrected chi connectivity index (χ3v) is 10.6. The smallest absolute Gasteiger partial charge is 0.312 e. The summed E-state index contributed by atoms with van der Waals surface area (Å²) < 4.78 is 12.7. The maximum atomic E-state index is 14.9. The van der Waals surface area contributed by atoms with Gasteiger partial charge in [0.25, 0.3) is 0 Å². The molecule has 43 heavy (non-hydrogen) atoms. The predicted molar refractivity (Wildman–Crippen MR) is 164 cm³/mol. The van der Waals surface area contributed by atoms with Gasteiger partial charge in [0.1, 0.15) is 17.6 Å². The van der Waals surface area contributed by atoms with Crippen molar-refractivity contribution < 1.29 is 29.0 Å². The first-order valence-corrected chi connectivity index (χ1v) is 16.1. The average Bonchev–Trinajstić information content (AvgIpc) is 3.53. The second kappa shape index (κ2) is 12.9. The van der Waals surface area contributed by atoms with E-state index in [2.05, 4.69) is 13.2 Å². The number of esters is 1. The maximum Gasteiger partial charge on any atom is 0.312 e. The van der Waals surface area contributed by atoms with Gasteiger partial charge < -0.3 is 24.4 Å². The van der Waals surface area contributed by atoms with E-state index >= 15 is 0 Å². The summed E-state index contributed by atoms with van der Waals surface area (Å²) in [5.74, 6) is -2.77. The highest BCUT2D eigenvalue weighted by Gasteiger charge is 2.81. The van der Waals surface area contributed by atoms with Crippen LogP contribution in [0, 0.1) is 17.8 Å². The van der Waals surface area contributed by atoms with Crippen LogP contribution >= 0.6 is 0 Å². The number of amides is 2. The summed E-state index contributed by atoms with van der Waals surface area (Å²) in [4.78, 5) is 46.9. The molecule has 3 aliphatic heterocycles. The number of aliphatic hydroxyl groups is 1. The molecule has 1 N–H and O–H groups in total. The molecule has 0 aromatic heterocycles. The number of carbonyl (C=O) groups excluding carboxylic acids is 3. The molecule has 0 radical (unpaired) electrons. The Bertz CT molecular complexity index is 1200. The Morgan fingerprint density at radius 1 is 1.16 bits per heavy atom. The predicted octanol–water partition coefficient (Wildman–Crippen LogP) is 4.98. The number of benzene rings is 1. The molecule has 1 aliphatic carbocycles. The van der Waals surface area contributed by atoms with E-state index in [0.717, 1.165) is 50.5 Å². The molecule has 1 saturated carbocycles. The molecule has 234 valence electrons. The molecule has 3 unspecified atom stereocenters. The van der Waals surface area contributed by atoms with Crippen molar-refractivity contribution in [2.45, 2.75) is 101 Å². The highest BCUT2D eigenvalue weighted by Crippen LogP contribution is 2.66. The van der Waals surface area contributed by atoms with Crippen LogP contribution in [0.1, 0.15) is 83.2 Å². The molecule has 3 saturated heterocycles. The van der Waals surface area contributed by atoms with Gasteiger partial charge in [-0.25, -0.2) is 0 Å². The summed E-state index contributed by atoms with van der Waals surface area (Å²) in [6.45, 7) is 11.9. The number of aliphatic hydroxyl groups excluding tert-OH is 1. The van der Waals surface area contributed by atoms with Crippen LogP contribution in [0.3, 0.4) is 0 Å². The Hall–Kier alpha value is -2.97. The van der Waals surface area contributed by atoms with Crippen molar-refractivity contribution in [3.05, 3.63) is 61.2 Å². The summed E-state index contributed by atoms with van der Waals surface area (Å²) in [6.07, 6.45) is 11.5. The van der Waals surface area contributed by atoms with Crippen LogP contribution in [0.5, 0.6) is 0 Å². The summed E-state index contributed by atoms with van der Waals surface area (Å²) in [6, 6.07) is 7.61. The van der Waals surface area contributed by atoms with Crippen LogP contribution in [0.15, 0.2) is 55.6 Å². The molecule has 5 rings (SSSR count). The molecule has 4 fully saturated rings. The Balaban J connectivity index is 1.57. The highest BCUT2D eigenvalue weighted by molar-refractivity contribution is 5.99. The summed E-state index contributed by atoms with van der Waals surface area (Å²) in [5, 5.41) is 10.8. The van der Waals surface area contributed by atoms with Gasteiger partial charge in [-0.3, -0.25) is 14.4 Å². The topological polar surface area (TPSA) is 96.4 Å². The molecule has 2 bridgehead atoms. The number of nitrogens with zero attached hydrogens (tertiary/aromatic N) is 2. The number of ether oxygens (including phenoxy) is 2. The quantitative estimate of drug-likeness (QED) is 0.197. The number of allylic oxidation sites excluding steroid dienone is 1. The van der Waals surface area contributed by atoms with Crippen molar-refractivity contribution in [3.8, 4) is 0 Å². The normalized spacial score (nSPS) is 32.3. The molecular weight excluding hydrogens is 544 g/mol. The molecule has 8 heteroatoms. The van der Waals surface area contributed by atoms with E-state index in [9.17, 15) is 19.5 Å². The molecule has 2 amide bonds. The minimum absolute atomic E-state index is 0.0406. The largest absolute Gasteiger partial charge is 0.465 e. The number of carbonyl (C=O) groups is 3. The van der Waals surface area contributed by atoms with Gasteiger partial charge in [-0.2, -0.15) is 0 Å². The Kier molecular flexibility index (Phi) is 9.47. The van der Waals surface area contributed by atoms with Gasteiger partial charge in [-0.1, -0.05) is 68.7 Å². The van der Waals surface area contributed by atoms with Crippen LogP contribution in [0.2, 0.25) is 0 Å². The van der Waals surface area contributed by atoms with Crippen molar-refractivity contribution >= 4 is 17.8 Å². The Labute approximate surface area is 256 Å². The zero-order valence-electron chi connectivity index (χ0n) is 25.8. The van der Waals surface area contributed by atoms with Crippen LogP contribution in [-0.4, -0.2) is 75.7 Å². The monoisotopic (exact) mass is 592 g/mol. The van der Waals surface area contributed by atoms with Gasteiger partial charge in [0.15, 0.2) is 0 Å². The van der Waals surface area contributed by atoms with Gasteiger partial charge in [-0.05, 0) is 56.9 Å². The second-order valence-electron chi connectivity index (χ2n) is 13.1. The Morgan fingerprint density at radius 3 is 2.53 bits per heavy atom. The lowest BCUT2D eigenvalue weighted by atomic mass is 9.62.